The second kappa shape index (κ2) is 11.4. The quantitative estimate of drug-likeness (QED) is 0.438. The summed E-state index contributed by atoms with van der Waals surface area (Å²) in [5, 5.41) is 14.5. The van der Waals surface area contributed by atoms with E-state index in [1.54, 1.807) is 16.8 Å². The predicted molar refractivity (Wildman–Crippen MR) is 118 cm³/mol. The monoisotopic (exact) mass is 425 g/mol. The first-order chi connectivity index (χ1) is 14.6. The third-order valence-electron chi connectivity index (χ3n) is 4.88. The highest BCUT2D eigenvalue weighted by atomic mass is 32.1. The van der Waals surface area contributed by atoms with Crippen molar-refractivity contribution in [3.05, 3.63) is 88.4 Å². The average Bonchev–Trinajstić information content (AvgIpc) is 3.26. The van der Waals surface area contributed by atoms with E-state index in [0.29, 0.717) is 19.4 Å². The lowest BCUT2D eigenvalue weighted by Crippen LogP contribution is -2.41. The minimum Gasteiger partial charge on any atom is -0.443 e. The molecule has 0 aliphatic heterocycles. The van der Waals surface area contributed by atoms with Gasteiger partial charge in [0, 0.05) is 30.1 Å². The number of nitrogens with one attached hydrogen (secondary N) is 1. The van der Waals surface area contributed by atoms with Crippen molar-refractivity contribution in [3.63, 3.8) is 0 Å². The molecule has 0 bridgehead atoms. The number of thiazole rings is 1. The molecule has 1 aromatic heterocycles. The van der Waals surface area contributed by atoms with Gasteiger partial charge < -0.3 is 20.9 Å². The topological polar surface area (TPSA) is 97.5 Å². The molecular formula is C23H27N3O3S. The van der Waals surface area contributed by atoms with Gasteiger partial charge in [-0.05, 0) is 24.0 Å². The number of rotatable bonds is 11. The first-order valence-electron chi connectivity index (χ1n) is 9.93. The van der Waals surface area contributed by atoms with Crippen LogP contribution >= 0.6 is 11.3 Å². The first kappa shape index (κ1) is 22.0. The summed E-state index contributed by atoms with van der Waals surface area (Å²) < 4.78 is 5.27. The molecule has 3 aromatic rings. The first-order valence-corrected chi connectivity index (χ1v) is 10.8. The van der Waals surface area contributed by atoms with Gasteiger partial charge in [0.1, 0.15) is 6.10 Å². The molecule has 0 aliphatic carbocycles. The second-order valence-electron chi connectivity index (χ2n) is 7.20. The number of aliphatic hydroxyl groups excluding tert-OH is 1. The summed E-state index contributed by atoms with van der Waals surface area (Å²) in [6.45, 7) is 0.662. The number of hydrogen-bond donors (Lipinski definition) is 3. The van der Waals surface area contributed by atoms with Gasteiger partial charge in [-0.15, -0.1) is 11.3 Å². The van der Waals surface area contributed by atoms with Crippen LogP contribution in [0.5, 0.6) is 0 Å². The summed E-state index contributed by atoms with van der Waals surface area (Å²) in [5.41, 5.74) is 9.21. The molecular weight excluding hydrogens is 398 g/mol. The molecule has 0 unspecified atom stereocenters. The fourth-order valence-corrected chi connectivity index (χ4v) is 3.95. The minimum absolute atomic E-state index is 0.0146. The summed E-state index contributed by atoms with van der Waals surface area (Å²) in [5.74, 6) is 0. The lowest BCUT2D eigenvalue weighted by molar-refractivity contribution is -0.00225. The molecule has 0 spiro atoms. The minimum atomic E-state index is -0.882. The van der Waals surface area contributed by atoms with Crippen molar-refractivity contribution in [1.29, 1.82) is 0 Å². The molecule has 7 heteroatoms. The molecule has 6 nitrogen and oxygen atoms in total. The van der Waals surface area contributed by atoms with Gasteiger partial charge in [-0.3, -0.25) is 4.98 Å². The van der Waals surface area contributed by atoms with Crippen LogP contribution in [0.1, 0.15) is 22.4 Å². The van der Waals surface area contributed by atoms with Gasteiger partial charge in [-0.2, -0.15) is 0 Å². The van der Waals surface area contributed by atoms with Gasteiger partial charge in [0.25, 0.3) is 0 Å². The summed E-state index contributed by atoms with van der Waals surface area (Å²) in [4.78, 5) is 16.7. The Balaban J connectivity index is 1.69. The van der Waals surface area contributed by atoms with Crippen LogP contribution in [0.3, 0.4) is 0 Å². The Kier molecular flexibility index (Phi) is 8.38. The molecule has 1 amide bonds. The Hall–Kier alpha value is -2.74. The third kappa shape index (κ3) is 7.26. The highest BCUT2D eigenvalue weighted by Gasteiger charge is 2.26. The van der Waals surface area contributed by atoms with Crippen molar-refractivity contribution in [2.45, 2.75) is 44.1 Å². The van der Waals surface area contributed by atoms with Crippen molar-refractivity contribution in [2.24, 2.45) is 5.73 Å². The molecule has 3 rings (SSSR count). The molecule has 2 aromatic carbocycles. The molecule has 0 fully saturated rings. The van der Waals surface area contributed by atoms with E-state index in [2.05, 4.69) is 22.4 Å². The van der Waals surface area contributed by atoms with Crippen LogP contribution in [-0.4, -0.2) is 34.4 Å². The number of primary amides is 1. The maximum absolute atomic E-state index is 11.4. The number of aliphatic hydroxyl groups is 1. The zero-order chi connectivity index (χ0) is 21.2. The summed E-state index contributed by atoms with van der Waals surface area (Å²) in [7, 11) is 0. The molecule has 1 heterocycles. The zero-order valence-corrected chi connectivity index (χ0v) is 17.5. The Morgan fingerprint density at radius 2 is 1.70 bits per heavy atom. The maximum Gasteiger partial charge on any atom is 0.404 e. The lowest BCUT2D eigenvalue weighted by atomic mass is 9.95. The Bertz CT molecular complexity index is 875. The Morgan fingerprint density at radius 1 is 1.07 bits per heavy atom. The standard InChI is InChI=1S/C23H27N3O3S/c24-23(28)29-22(12-18-9-5-2-6-10-18)21(27)13-19(11-17-7-3-1-4-8-17)26-15-20-14-25-16-30-20/h1-10,14,16,19,21-22,26-27H,11-13,15H2,(H2,24,28)/t19-,21-,22-/m0/s1. The number of nitrogens with zero attached hydrogens (tertiary/aromatic N) is 1. The molecule has 3 atom stereocenters. The number of carbonyl (C=O) groups is 1. The summed E-state index contributed by atoms with van der Waals surface area (Å²) in [6, 6.07) is 19.7. The van der Waals surface area contributed by atoms with Crippen LogP contribution in [0.15, 0.2) is 72.4 Å². The molecule has 0 radical (unpaired) electrons. The van der Waals surface area contributed by atoms with Crippen LogP contribution in [0.4, 0.5) is 4.79 Å². The highest BCUT2D eigenvalue weighted by Crippen LogP contribution is 2.17. The van der Waals surface area contributed by atoms with E-state index in [1.807, 2.05) is 54.7 Å². The number of nitrogens with two attached hydrogens (primary N) is 1. The summed E-state index contributed by atoms with van der Waals surface area (Å²) >= 11 is 1.58. The van der Waals surface area contributed by atoms with Crippen molar-refractivity contribution in [2.75, 3.05) is 0 Å². The number of amides is 1. The Morgan fingerprint density at radius 3 is 2.27 bits per heavy atom. The van der Waals surface area contributed by atoms with Crippen LogP contribution < -0.4 is 11.1 Å². The van der Waals surface area contributed by atoms with E-state index in [4.69, 9.17) is 10.5 Å². The van der Waals surface area contributed by atoms with Crippen LogP contribution in [0.2, 0.25) is 0 Å². The van der Waals surface area contributed by atoms with Gasteiger partial charge in [-0.1, -0.05) is 60.7 Å². The number of benzene rings is 2. The Labute approximate surface area is 180 Å². The molecule has 0 aliphatic rings. The van der Waals surface area contributed by atoms with Crippen LogP contribution in [-0.2, 0) is 24.1 Å². The van der Waals surface area contributed by atoms with Crippen molar-refractivity contribution in [1.82, 2.24) is 10.3 Å². The highest BCUT2D eigenvalue weighted by molar-refractivity contribution is 7.09. The van der Waals surface area contributed by atoms with Crippen LogP contribution in [0.25, 0.3) is 0 Å². The average molecular weight is 426 g/mol. The van der Waals surface area contributed by atoms with Gasteiger partial charge in [-0.25, -0.2) is 4.79 Å². The van der Waals surface area contributed by atoms with Gasteiger partial charge >= 0.3 is 6.09 Å². The normalized spacial score (nSPS) is 14.0. The lowest BCUT2D eigenvalue weighted by Gasteiger charge is -2.27. The fraction of sp³-hybridized carbons (Fsp3) is 0.304. The number of carbonyl (C=O) groups excluding carboxylic acids is 1. The van der Waals surface area contributed by atoms with Gasteiger partial charge in [0.05, 0.1) is 11.6 Å². The van der Waals surface area contributed by atoms with E-state index in [0.717, 1.165) is 16.9 Å². The molecule has 30 heavy (non-hydrogen) atoms. The van der Waals surface area contributed by atoms with Crippen molar-refractivity contribution >= 4 is 17.4 Å². The number of hydrogen-bond acceptors (Lipinski definition) is 6. The molecule has 0 saturated heterocycles. The third-order valence-corrected chi connectivity index (χ3v) is 5.66. The number of aromatic nitrogens is 1. The zero-order valence-electron chi connectivity index (χ0n) is 16.7. The molecule has 4 N–H and O–H groups in total. The predicted octanol–water partition coefficient (Wildman–Crippen LogP) is 3.30. The largest absolute Gasteiger partial charge is 0.443 e. The SMILES string of the molecule is NC(=O)O[C@@H](Cc1ccccc1)[C@@H](O)C[C@H](Cc1ccccc1)NCc1cncs1. The second-order valence-corrected chi connectivity index (χ2v) is 8.17. The molecule has 158 valence electrons. The van der Waals surface area contributed by atoms with Gasteiger partial charge in [0.15, 0.2) is 0 Å². The van der Waals surface area contributed by atoms with Crippen LogP contribution in [0, 0.1) is 0 Å². The summed E-state index contributed by atoms with van der Waals surface area (Å²) in [6.07, 6.45) is 0.935. The maximum atomic E-state index is 11.4. The van der Waals surface area contributed by atoms with E-state index < -0.39 is 18.3 Å². The molecule has 0 saturated carbocycles. The fourth-order valence-electron chi connectivity index (χ4n) is 3.41. The van der Waals surface area contributed by atoms with Gasteiger partial charge in [0.2, 0.25) is 0 Å². The smallest absolute Gasteiger partial charge is 0.404 e. The number of ether oxygens (including phenoxy) is 1. The van der Waals surface area contributed by atoms with Crippen molar-refractivity contribution < 1.29 is 14.6 Å². The van der Waals surface area contributed by atoms with E-state index in [9.17, 15) is 9.90 Å². The van der Waals surface area contributed by atoms with E-state index in [-0.39, 0.29) is 6.04 Å². The van der Waals surface area contributed by atoms with E-state index >= 15 is 0 Å². The van der Waals surface area contributed by atoms with E-state index in [1.165, 1.54) is 5.56 Å². The van der Waals surface area contributed by atoms with Crippen molar-refractivity contribution in [3.8, 4) is 0 Å².